The first kappa shape index (κ1) is 17.7. The molecule has 0 unspecified atom stereocenters. The SMILES string of the molecule is CC(C)(C)c1cc(OCC(=O)O)nc(NCCc2ccccc2)n1. The van der Waals surface area contributed by atoms with Gasteiger partial charge in [0.1, 0.15) is 0 Å². The van der Waals surface area contributed by atoms with E-state index in [-0.39, 0.29) is 11.3 Å². The molecule has 6 nitrogen and oxygen atoms in total. The van der Waals surface area contributed by atoms with E-state index in [2.05, 4.69) is 27.4 Å². The fraction of sp³-hybridized carbons (Fsp3) is 0.389. The monoisotopic (exact) mass is 329 g/mol. The second-order valence-corrected chi connectivity index (χ2v) is 6.51. The number of carboxylic acid groups (broad SMARTS) is 1. The molecule has 0 atom stereocenters. The fourth-order valence-electron chi connectivity index (χ4n) is 2.06. The van der Waals surface area contributed by atoms with Gasteiger partial charge in [0.05, 0.1) is 5.69 Å². The lowest BCUT2D eigenvalue weighted by atomic mass is 9.92. The topological polar surface area (TPSA) is 84.3 Å². The predicted molar refractivity (Wildman–Crippen MR) is 92.5 cm³/mol. The van der Waals surface area contributed by atoms with E-state index in [0.717, 1.165) is 12.1 Å². The molecule has 6 heteroatoms. The zero-order valence-electron chi connectivity index (χ0n) is 14.2. The molecule has 128 valence electrons. The molecular formula is C18H23N3O3. The molecule has 0 saturated carbocycles. The van der Waals surface area contributed by atoms with Gasteiger partial charge >= 0.3 is 5.97 Å². The molecule has 0 spiro atoms. The van der Waals surface area contributed by atoms with Gasteiger partial charge in [-0.3, -0.25) is 0 Å². The summed E-state index contributed by atoms with van der Waals surface area (Å²) in [6.07, 6.45) is 0.843. The van der Waals surface area contributed by atoms with Gasteiger partial charge in [-0.05, 0) is 12.0 Å². The molecule has 0 amide bonds. The Kier molecular flexibility index (Phi) is 5.73. The largest absolute Gasteiger partial charge is 0.479 e. The van der Waals surface area contributed by atoms with Crippen molar-refractivity contribution in [1.29, 1.82) is 0 Å². The number of anilines is 1. The normalized spacial score (nSPS) is 11.1. The summed E-state index contributed by atoms with van der Waals surface area (Å²) in [4.78, 5) is 19.4. The summed E-state index contributed by atoms with van der Waals surface area (Å²) in [6, 6.07) is 11.8. The van der Waals surface area contributed by atoms with Gasteiger partial charge in [0.2, 0.25) is 11.8 Å². The van der Waals surface area contributed by atoms with E-state index in [0.29, 0.717) is 12.5 Å². The number of aromatic nitrogens is 2. The fourth-order valence-corrected chi connectivity index (χ4v) is 2.06. The molecule has 0 aliphatic rings. The minimum atomic E-state index is -1.04. The molecule has 1 aromatic heterocycles. The van der Waals surface area contributed by atoms with Crippen LogP contribution in [0.3, 0.4) is 0 Å². The zero-order valence-corrected chi connectivity index (χ0v) is 14.2. The first-order valence-electron chi connectivity index (χ1n) is 7.86. The molecule has 0 bridgehead atoms. The van der Waals surface area contributed by atoms with Crippen molar-refractivity contribution in [2.45, 2.75) is 32.6 Å². The highest BCUT2D eigenvalue weighted by atomic mass is 16.5. The lowest BCUT2D eigenvalue weighted by molar-refractivity contribution is -0.139. The number of rotatable bonds is 7. The van der Waals surface area contributed by atoms with Crippen molar-refractivity contribution in [3.05, 3.63) is 47.7 Å². The molecule has 1 aromatic carbocycles. The Morgan fingerprint density at radius 3 is 2.54 bits per heavy atom. The second kappa shape index (κ2) is 7.77. The third-order valence-electron chi connectivity index (χ3n) is 3.35. The first-order chi connectivity index (χ1) is 11.3. The van der Waals surface area contributed by atoms with Gasteiger partial charge < -0.3 is 15.2 Å². The summed E-state index contributed by atoms with van der Waals surface area (Å²) in [5, 5.41) is 11.9. The van der Waals surface area contributed by atoms with Gasteiger partial charge in [0.25, 0.3) is 0 Å². The van der Waals surface area contributed by atoms with Crippen molar-refractivity contribution in [1.82, 2.24) is 9.97 Å². The molecule has 24 heavy (non-hydrogen) atoms. The highest BCUT2D eigenvalue weighted by Crippen LogP contribution is 2.24. The number of aliphatic carboxylic acids is 1. The van der Waals surface area contributed by atoms with E-state index in [1.807, 2.05) is 39.0 Å². The zero-order chi connectivity index (χ0) is 17.6. The third kappa shape index (κ3) is 5.53. The maximum absolute atomic E-state index is 10.7. The summed E-state index contributed by atoms with van der Waals surface area (Å²) in [6.45, 7) is 6.35. The highest BCUT2D eigenvalue weighted by molar-refractivity contribution is 5.68. The van der Waals surface area contributed by atoms with Crippen molar-refractivity contribution < 1.29 is 14.6 Å². The Balaban J connectivity index is 2.09. The number of hydrogen-bond acceptors (Lipinski definition) is 5. The summed E-state index contributed by atoms with van der Waals surface area (Å²) in [5.74, 6) is -0.331. The Bertz CT molecular complexity index is 682. The summed E-state index contributed by atoms with van der Waals surface area (Å²) >= 11 is 0. The van der Waals surface area contributed by atoms with Crippen LogP contribution >= 0.6 is 0 Å². The molecule has 0 aliphatic heterocycles. The maximum atomic E-state index is 10.7. The van der Waals surface area contributed by atoms with E-state index in [4.69, 9.17) is 9.84 Å². The van der Waals surface area contributed by atoms with E-state index in [1.54, 1.807) is 6.07 Å². The average Bonchev–Trinajstić information content (AvgIpc) is 2.53. The van der Waals surface area contributed by atoms with Gasteiger partial charge in [-0.25, -0.2) is 9.78 Å². The summed E-state index contributed by atoms with van der Waals surface area (Å²) < 4.78 is 5.22. The molecule has 2 N–H and O–H groups in total. The maximum Gasteiger partial charge on any atom is 0.341 e. The van der Waals surface area contributed by atoms with Crippen LogP contribution in [0.15, 0.2) is 36.4 Å². The van der Waals surface area contributed by atoms with Crippen molar-refractivity contribution >= 4 is 11.9 Å². The molecule has 0 radical (unpaired) electrons. The molecule has 2 aromatic rings. The van der Waals surface area contributed by atoms with Crippen molar-refractivity contribution in [3.8, 4) is 5.88 Å². The van der Waals surface area contributed by atoms with Crippen LogP contribution < -0.4 is 10.1 Å². The minimum Gasteiger partial charge on any atom is -0.479 e. The van der Waals surface area contributed by atoms with Gasteiger partial charge in [-0.15, -0.1) is 0 Å². The standard InChI is InChI=1S/C18H23N3O3/c1-18(2,3)14-11-15(24-12-16(22)23)21-17(20-14)19-10-9-13-7-5-4-6-8-13/h4-8,11H,9-10,12H2,1-3H3,(H,22,23)(H,19,20,21). The van der Waals surface area contributed by atoms with Crippen molar-refractivity contribution in [3.63, 3.8) is 0 Å². The number of carboxylic acids is 1. The summed E-state index contributed by atoms with van der Waals surface area (Å²) in [5.41, 5.74) is 1.82. The number of benzene rings is 1. The molecular weight excluding hydrogens is 306 g/mol. The van der Waals surface area contributed by atoms with Crippen LogP contribution in [0.2, 0.25) is 0 Å². The first-order valence-corrected chi connectivity index (χ1v) is 7.86. The van der Waals surface area contributed by atoms with E-state index < -0.39 is 12.6 Å². The molecule has 0 saturated heterocycles. The van der Waals surface area contributed by atoms with Crippen LogP contribution in [-0.2, 0) is 16.6 Å². The number of carbonyl (C=O) groups is 1. The molecule has 2 rings (SSSR count). The van der Waals surface area contributed by atoms with E-state index in [9.17, 15) is 4.79 Å². The number of ether oxygens (including phenoxy) is 1. The minimum absolute atomic E-state index is 0.194. The molecule has 0 fully saturated rings. The van der Waals surface area contributed by atoms with Crippen LogP contribution in [0.25, 0.3) is 0 Å². The van der Waals surface area contributed by atoms with Crippen LogP contribution in [0.5, 0.6) is 5.88 Å². The quantitative estimate of drug-likeness (QED) is 0.812. The second-order valence-electron chi connectivity index (χ2n) is 6.51. The Morgan fingerprint density at radius 1 is 1.21 bits per heavy atom. The molecule has 0 aliphatic carbocycles. The van der Waals surface area contributed by atoms with Gasteiger partial charge in [0, 0.05) is 18.0 Å². The summed E-state index contributed by atoms with van der Waals surface area (Å²) in [7, 11) is 0. The van der Waals surface area contributed by atoms with E-state index in [1.165, 1.54) is 5.56 Å². The van der Waals surface area contributed by atoms with Crippen molar-refractivity contribution in [2.24, 2.45) is 0 Å². The third-order valence-corrected chi connectivity index (χ3v) is 3.35. The number of hydrogen-bond donors (Lipinski definition) is 2. The smallest absolute Gasteiger partial charge is 0.341 e. The van der Waals surface area contributed by atoms with Gasteiger partial charge in [-0.1, -0.05) is 51.1 Å². The Labute approximate surface area is 141 Å². The van der Waals surface area contributed by atoms with Crippen LogP contribution in [0, 0.1) is 0 Å². The average molecular weight is 329 g/mol. The predicted octanol–water partition coefficient (Wildman–Crippen LogP) is 2.89. The van der Waals surface area contributed by atoms with E-state index >= 15 is 0 Å². The van der Waals surface area contributed by atoms with Crippen LogP contribution in [-0.4, -0.2) is 34.2 Å². The van der Waals surface area contributed by atoms with Crippen LogP contribution in [0.1, 0.15) is 32.0 Å². The number of nitrogens with zero attached hydrogens (tertiary/aromatic N) is 2. The van der Waals surface area contributed by atoms with Crippen molar-refractivity contribution in [2.75, 3.05) is 18.5 Å². The van der Waals surface area contributed by atoms with Crippen LogP contribution in [0.4, 0.5) is 5.95 Å². The number of nitrogens with one attached hydrogen (secondary N) is 1. The lowest BCUT2D eigenvalue weighted by Crippen LogP contribution is -2.18. The highest BCUT2D eigenvalue weighted by Gasteiger charge is 2.19. The Hall–Kier alpha value is -2.63. The Morgan fingerprint density at radius 2 is 1.92 bits per heavy atom. The molecule has 1 heterocycles. The van der Waals surface area contributed by atoms with Gasteiger partial charge in [-0.2, -0.15) is 4.98 Å². The van der Waals surface area contributed by atoms with Gasteiger partial charge in [0.15, 0.2) is 6.61 Å². The lowest BCUT2D eigenvalue weighted by Gasteiger charge is -2.19.